The smallest absolute Gasteiger partial charge is 0.308 e. The average molecular weight is 484 g/mol. The Bertz CT molecular complexity index is 1380. The van der Waals surface area contributed by atoms with Crippen LogP contribution in [0.2, 0.25) is 5.15 Å². The zero-order chi connectivity index (χ0) is 23.4. The molecule has 3 aliphatic rings. The second-order valence-electron chi connectivity index (χ2n) is 8.74. The summed E-state index contributed by atoms with van der Waals surface area (Å²) in [5.74, 6) is -1.87. The molecule has 2 atom stereocenters. The first-order valence-electron chi connectivity index (χ1n) is 11.0. The summed E-state index contributed by atoms with van der Waals surface area (Å²) in [6.07, 6.45) is 7.96. The number of nitrogens with zero attached hydrogens (tertiary/aromatic N) is 5. The molecule has 0 saturated heterocycles. The highest BCUT2D eigenvalue weighted by atomic mass is 35.5. The summed E-state index contributed by atoms with van der Waals surface area (Å²) in [4.78, 5) is 32.4. The number of hydrogen-bond donors (Lipinski definition) is 3. The van der Waals surface area contributed by atoms with E-state index in [2.05, 4.69) is 35.4 Å². The highest BCUT2D eigenvalue weighted by Crippen LogP contribution is 2.46. The molecule has 4 aromatic heterocycles. The number of carbonyl (C=O) groups is 1. The molecule has 2 bridgehead atoms. The van der Waals surface area contributed by atoms with Crippen LogP contribution in [-0.4, -0.2) is 47.2 Å². The molecule has 4 heterocycles. The minimum atomic E-state index is -0.876. The lowest BCUT2D eigenvalue weighted by atomic mass is 9.61. The first-order valence-corrected chi connectivity index (χ1v) is 11.4. The Balaban J connectivity index is 1.49. The number of H-pyrrole nitrogens is 1. The third kappa shape index (κ3) is 3.38. The Morgan fingerprint density at radius 2 is 2.00 bits per heavy atom. The lowest BCUT2D eigenvalue weighted by Gasteiger charge is -2.47. The van der Waals surface area contributed by atoms with Crippen molar-refractivity contribution in [2.45, 2.75) is 31.7 Å². The lowest BCUT2D eigenvalue weighted by molar-refractivity contribution is -0.148. The number of nitrogens with one attached hydrogen (secondary N) is 2. The van der Waals surface area contributed by atoms with Crippen molar-refractivity contribution in [1.29, 1.82) is 0 Å². The molecule has 0 aliphatic heterocycles. The molecule has 4 aromatic rings. The van der Waals surface area contributed by atoms with E-state index < -0.39 is 23.7 Å². The van der Waals surface area contributed by atoms with Crippen molar-refractivity contribution >= 4 is 34.6 Å². The zero-order valence-corrected chi connectivity index (χ0v) is 18.5. The largest absolute Gasteiger partial charge is 0.481 e. The van der Waals surface area contributed by atoms with Crippen LogP contribution in [0.4, 0.5) is 10.2 Å². The van der Waals surface area contributed by atoms with Crippen LogP contribution in [0.15, 0.2) is 29.2 Å². The van der Waals surface area contributed by atoms with Gasteiger partial charge in [-0.1, -0.05) is 16.8 Å². The minimum absolute atomic E-state index is 0.0594. The van der Waals surface area contributed by atoms with Crippen LogP contribution in [0, 0.1) is 23.6 Å². The molecule has 0 aromatic carbocycles. The molecule has 12 heteroatoms. The summed E-state index contributed by atoms with van der Waals surface area (Å²) in [5, 5.41) is 16.9. The number of aromatic nitrogens is 6. The molecule has 0 radical (unpaired) electrons. The van der Waals surface area contributed by atoms with Crippen molar-refractivity contribution in [2.75, 3.05) is 5.32 Å². The van der Waals surface area contributed by atoms with Gasteiger partial charge in [0.2, 0.25) is 0 Å². The van der Waals surface area contributed by atoms with E-state index in [1.54, 1.807) is 6.20 Å². The second kappa shape index (κ2) is 8.01. The minimum Gasteiger partial charge on any atom is -0.481 e. The zero-order valence-electron chi connectivity index (χ0n) is 17.7. The van der Waals surface area contributed by atoms with Gasteiger partial charge >= 0.3 is 5.97 Å². The first kappa shape index (κ1) is 21.0. The maximum absolute atomic E-state index is 15.7. The molecular weight excluding hydrogens is 465 g/mol. The molecule has 3 saturated carbocycles. The van der Waals surface area contributed by atoms with Gasteiger partial charge in [0, 0.05) is 18.3 Å². The van der Waals surface area contributed by atoms with E-state index in [-0.39, 0.29) is 40.1 Å². The van der Waals surface area contributed by atoms with Gasteiger partial charge in [-0.05, 0) is 37.5 Å². The molecule has 174 valence electrons. The van der Waals surface area contributed by atoms with Gasteiger partial charge in [-0.3, -0.25) is 4.79 Å². The Morgan fingerprint density at radius 1 is 1.21 bits per heavy atom. The fourth-order valence-corrected chi connectivity index (χ4v) is 5.51. The van der Waals surface area contributed by atoms with E-state index >= 15 is 4.39 Å². The number of carboxylic acid groups (broad SMARTS) is 1. The monoisotopic (exact) mass is 483 g/mol. The van der Waals surface area contributed by atoms with Gasteiger partial charge in [-0.2, -0.15) is 0 Å². The maximum atomic E-state index is 15.7. The summed E-state index contributed by atoms with van der Waals surface area (Å²) in [5.41, 5.74) is 1.27. The van der Waals surface area contributed by atoms with E-state index in [1.807, 2.05) is 0 Å². The predicted octanol–water partition coefficient (Wildman–Crippen LogP) is 4.16. The Morgan fingerprint density at radius 3 is 2.74 bits per heavy atom. The van der Waals surface area contributed by atoms with Crippen molar-refractivity contribution in [3.05, 3.63) is 35.6 Å². The highest BCUT2D eigenvalue weighted by Gasteiger charge is 2.47. The Hall–Kier alpha value is -3.60. The first-order chi connectivity index (χ1) is 16.5. The number of halogens is 2. The number of aliphatic carboxylic acids is 1. The van der Waals surface area contributed by atoms with Crippen molar-refractivity contribution in [1.82, 2.24) is 30.1 Å². The quantitative estimate of drug-likeness (QED) is 0.381. The fraction of sp³-hybridized carbons (Fsp3) is 0.364. The number of anilines is 1. The molecule has 0 amide bonds. The number of carboxylic acids is 1. The van der Waals surface area contributed by atoms with E-state index in [9.17, 15) is 9.90 Å². The predicted molar refractivity (Wildman–Crippen MR) is 119 cm³/mol. The van der Waals surface area contributed by atoms with Crippen LogP contribution >= 0.6 is 11.6 Å². The average Bonchev–Trinajstić information content (AvgIpc) is 3.51. The molecule has 0 spiro atoms. The normalized spacial score (nSPS) is 23.9. The van der Waals surface area contributed by atoms with Gasteiger partial charge < -0.3 is 19.9 Å². The van der Waals surface area contributed by atoms with E-state index in [4.69, 9.17) is 16.1 Å². The summed E-state index contributed by atoms with van der Waals surface area (Å²) in [7, 11) is 0. The van der Waals surface area contributed by atoms with E-state index in [1.165, 1.54) is 18.5 Å². The Kier molecular flexibility index (Phi) is 4.94. The van der Waals surface area contributed by atoms with Gasteiger partial charge in [0.05, 0.1) is 23.9 Å². The van der Waals surface area contributed by atoms with Crippen LogP contribution < -0.4 is 5.32 Å². The highest BCUT2D eigenvalue weighted by molar-refractivity contribution is 6.29. The third-order valence-corrected chi connectivity index (χ3v) is 7.10. The second-order valence-corrected chi connectivity index (χ2v) is 9.12. The van der Waals surface area contributed by atoms with Crippen LogP contribution in [0.25, 0.3) is 34.0 Å². The number of fused-ring (bicyclic) bond motifs is 4. The van der Waals surface area contributed by atoms with Crippen molar-refractivity contribution < 1.29 is 18.8 Å². The maximum Gasteiger partial charge on any atom is 0.308 e. The van der Waals surface area contributed by atoms with Crippen LogP contribution in [0.5, 0.6) is 0 Å². The van der Waals surface area contributed by atoms with Crippen molar-refractivity contribution in [3.8, 4) is 22.8 Å². The summed E-state index contributed by atoms with van der Waals surface area (Å²) in [6, 6.07) is 1.05. The molecule has 3 N–H and O–H groups in total. The SMILES string of the molecule is O=C(O)[C@H]1C2CCC(CC2)[C@@H]1Nc1nc(-c2c[nH]c3ncc(Cl)nc23)nc(-c2ccno2)c1F. The third-order valence-electron chi connectivity index (χ3n) is 6.92. The van der Waals surface area contributed by atoms with Gasteiger partial charge in [0.25, 0.3) is 0 Å². The topological polar surface area (TPSA) is 143 Å². The summed E-state index contributed by atoms with van der Waals surface area (Å²) < 4.78 is 20.9. The standard InChI is InChI=1S/C22H19ClFN7O3/c23-13-8-26-21-17(28-13)11(7-25-21)19-30-18(12-5-6-27-34-12)15(24)20(31-19)29-16-10-3-1-9(2-4-10)14(16)22(32)33/h5-10,14,16H,1-4H2,(H,25,26)(H,32,33)(H,29,30,31)/t9?,10?,14-,16-/m0/s1. The Labute approximate surface area is 197 Å². The summed E-state index contributed by atoms with van der Waals surface area (Å²) in [6.45, 7) is 0. The number of rotatable bonds is 5. The molecule has 3 fully saturated rings. The van der Waals surface area contributed by atoms with Crippen LogP contribution in [-0.2, 0) is 4.79 Å². The molecule has 34 heavy (non-hydrogen) atoms. The molecule has 7 rings (SSSR count). The molecule has 3 aliphatic carbocycles. The van der Waals surface area contributed by atoms with E-state index in [0.717, 1.165) is 25.7 Å². The van der Waals surface area contributed by atoms with Crippen LogP contribution in [0.1, 0.15) is 25.7 Å². The van der Waals surface area contributed by atoms with Gasteiger partial charge in [0.1, 0.15) is 10.7 Å². The van der Waals surface area contributed by atoms with Crippen molar-refractivity contribution in [3.63, 3.8) is 0 Å². The molecule has 0 unspecified atom stereocenters. The van der Waals surface area contributed by atoms with Gasteiger partial charge in [-0.15, -0.1) is 0 Å². The fourth-order valence-electron chi connectivity index (χ4n) is 5.38. The number of aromatic amines is 1. The lowest BCUT2D eigenvalue weighted by Crippen LogP contribution is -2.51. The van der Waals surface area contributed by atoms with Crippen molar-refractivity contribution in [2.24, 2.45) is 17.8 Å². The van der Waals surface area contributed by atoms with Gasteiger partial charge in [-0.25, -0.2) is 24.3 Å². The van der Waals surface area contributed by atoms with E-state index in [0.29, 0.717) is 16.7 Å². The molecular formula is C22H19ClFN7O3. The van der Waals surface area contributed by atoms with Crippen LogP contribution in [0.3, 0.4) is 0 Å². The molecule has 10 nitrogen and oxygen atoms in total. The van der Waals surface area contributed by atoms with Gasteiger partial charge in [0.15, 0.2) is 34.6 Å². The number of hydrogen-bond acceptors (Lipinski definition) is 8. The summed E-state index contributed by atoms with van der Waals surface area (Å²) >= 11 is 6.04.